The van der Waals surface area contributed by atoms with Crippen molar-refractivity contribution in [2.75, 3.05) is 11.9 Å². The molecule has 1 aromatic rings. The first-order chi connectivity index (χ1) is 6.84. The number of benzene rings is 1. The molecule has 2 heterocycles. The highest BCUT2D eigenvalue weighted by atomic mass is 79.9. The summed E-state index contributed by atoms with van der Waals surface area (Å²) in [5.74, 6) is 0. The lowest BCUT2D eigenvalue weighted by Gasteiger charge is -2.33. The molecule has 3 rings (SSSR count). The molecule has 3 heteroatoms. The van der Waals surface area contributed by atoms with E-state index in [1.807, 2.05) is 0 Å². The molecule has 0 radical (unpaired) electrons. The van der Waals surface area contributed by atoms with Gasteiger partial charge in [-0.25, -0.2) is 0 Å². The van der Waals surface area contributed by atoms with E-state index >= 15 is 0 Å². The molecule has 14 heavy (non-hydrogen) atoms. The minimum Gasteiger partial charge on any atom is -0.368 e. The van der Waals surface area contributed by atoms with E-state index in [0.29, 0.717) is 6.17 Å². The SMILES string of the molecule is Brc1cccc2c1NC1CCCN1C2. The maximum Gasteiger partial charge on any atom is 0.0797 e. The highest BCUT2D eigenvalue weighted by Crippen LogP contribution is 2.35. The fraction of sp³-hybridized carbons (Fsp3) is 0.455. The summed E-state index contributed by atoms with van der Waals surface area (Å²) in [6.07, 6.45) is 3.17. The van der Waals surface area contributed by atoms with E-state index < -0.39 is 0 Å². The normalized spacial score (nSPS) is 25.4. The van der Waals surface area contributed by atoms with Gasteiger partial charge >= 0.3 is 0 Å². The van der Waals surface area contributed by atoms with Crippen molar-refractivity contribution in [1.82, 2.24) is 4.90 Å². The zero-order valence-corrected chi connectivity index (χ0v) is 9.55. The molecule has 1 unspecified atom stereocenters. The predicted octanol–water partition coefficient (Wildman–Crippen LogP) is 2.80. The molecule has 0 saturated carbocycles. The summed E-state index contributed by atoms with van der Waals surface area (Å²) in [5, 5.41) is 3.61. The second-order valence-electron chi connectivity index (χ2n) is 4.05. The molecule has 0 aromatic heterocycles. The van der Waals surface area contributed by atoms with Crippen molar-refractivity contribution in [3.05, 3.63) is 28.2 Å². The zero-order chi connectivity index (χ0) is 9.54. The van der Waals surface area contributed by atoms with Crippen LogP contribution >= 0.6 is 15.9 Å². The maximum absolute atomic E-state index is 3.61. The van der Waals surface area contributed by atoms with Crippen LogP contribution in [-0.2, 0) is 6.54 Å². The van der Waals surface area contributed by atoms with Gasteiger partial charge in [-0.1, -0.05) is 12.1 Å². The standard InChI is InChI=1S/C11H13BrN2/c12-9-4-1-3-8-7-14-6-2-5-10(14)13-11(8)9/h1,3-4,10,13H,2,5-7H2. The lowest BCUT2D eigenvalue weighted by molar-refractivity contribution is 0.256. The van der Waals surface area contributed by atoms with Gasteiger partial charge in [0, 0.05) is 17.6 Å². The molecule has 0 bridgehead atoms. The Balaban J connectivity index is 2.01. The summed E-state index contributed by atoms with van der Waals surface area (Å²) in [6.45, 7) is 2.34. The lowest BCUT2D eigenvalue weighted by atomic mass is 10.1. The average Bonchev–Trinajstić information content (AvgIpc) is 2.62. The number of para-hydroxylation sites is 1. The van der Waals surface area contributed by atoms with Gasteiger partial charge in [0.05, 0.1) is 11.9 Å². The molecule has 0 aliphatic carbocycles. The van der Waals surface area contributed by atoms with Crippen LogP contribution in [0, 0.1) is 0 Å². The Labute approximate surface area is 92.4 Å². The number of rotatable bonds is 0. The van der Waals surface area contributed by atoms with Gasteiger partial charge in [0.2, 0.25) is 0 Å². The number of anilines is 1. The first kappa shape index (κ1) is 8.74. The molecular formula is C11H13BrN2. The molecule has 0 amide bonds. The average molecular weight is 253 g/mol. The summed E-state index contributed by atoms with van der Waals surface area (Å²) >= 11 is 3.60. The van der Waals surface area contributed by atoms with Crippen LogP contribution in [0.4, 0.5) is 5.69 Å². The number of nitrogens with one attached hydrogen (secondary N) is 1. The Morgan fingerprint density at radius 1 is 1.43 bits per heavy atom. The third-order valence-electron chi connectivity index (χ3n) is 3.15. The van der Waals surface area contributed by atoms with E-state index in [4.69, 9.17) is 0 Å². The molecule has 2 nitrogen and oxygen atoms in total. The van der Waals surface area contributed by atoms with Crippen molar-refractivity contribution in [1.29, 1.82) is 0 Å². The Morgan fingerprint density at radius 3 is 3.29 bits per heavy atom. The van der Waals surface area contributed by atoms with E-state index in [1.54, 1.807) is 0 Å². The van der Waals surface area contributed by atoms with Gasteiger partial charge in [-0.05, 0) is 40.4 Å². The van der Waals surface area contributed by atoms with Crippen molar-refractivity contribution >= 4 is 21.6 Å². The minimum absolute atomic E-state index is 0.571. The molecule has 0 spiro atoms. The predicted molar refractivity (Wildman–Crippen MR) is 61.2 cm³/mol. The summed E-state index contributed by atoms with van der Waals surface area (Å²) in [6, 6.07) is 6.43. The number of hydrogen-bond donors (Lipinski definition) is 1. The third-order valence-corrected chi connectivity index (χ3v) is 3.81. The Kier molecular flexibility index (Phi) is 2.03. The molecule has 2 aliphatic heterocycles. The highest BCUT2D eigenvalue weighted by molar-refractivity contribution is 9.10. The van der Waals surface area contributed by atoms with E-state index in [0.717, 1.165) is 6.54 Å². The number of fused-ring (bicyclic) bond motifs is 2. The Bertz CT molecular complexity index is 364. The van der Waals surface area contributed by atoms with E-state index in [2.05, 4.69) is 44.3 Å². The van der Waals surface area contributed by atoms with Crippen LogP contribution in [0.1, 0.15) is 18.4 Å². The first-order valence-electron chi connectivity index (χ1n) is 5.12. The molecule has 1 fully saturated rings. The van der Waals surface area contributed by atoms with Crippen molar-refractivity contribution in [2.24, 2.45) is 0 Å². The van der Waals surface area contributed by atoms with Crippen molar-refractivity contribution < 1.29 is 0 Å². The van der Waals surface area contributed by atoms with Crippen LogP contribution in [0.25, 0.3) is 0 Å². The van der Waals surface area contributed by atoms with Crippen LogP contribution in [0.5, 0.6) is 0 Å². The molecule has 1 atom stereocenters. The van der Waals surface area contributed by atoms with Gasteiger partial charge in [0.1, 0.15) is 0 Å². The molecule has 1 saturated heterocycles. The fourth-order valence-corrected chi connectivity index (χ4v) is 2.95. The fourth-order valence-electron chi connectivity index (χ4n) is 2.43. The number of halogens is 1. The maximum atomic E-state index is 3.61. The van der Waals surface area contributed by atoms with Crippen molar-refractivity contribution in [3.63, 3.8) is 0 Å². The quantitative estimate of drug-likeness (QED) is 0.764. The second-order valence-corrected chi connectivity index (χ2v) is 4.90. The van der Waals surface area contributed by atoms with Crippen molar-refractivity contribution in [2.45, 2.75) is 25.6 Å². The van der Waals surface area contributed by atoms with Gasteiger partial charge in [0.15, 0.2) is 0 Å². The molecule has 74 valence electrons. The summed E-state index contributed by atoms with van der Waals surface area (Å²) < 4.78 is 1.20. The number of nitrogens with zero attached hydrogens (tertiary/aromatic N) is 1. The van der Waals surface area contributed by atoms with E-state index in [1.165, 1.54) is 35.1 Å². The summed E-state index contributed by atoms with van der Waals surface area (Å²) in [5.41, 5.74) is 2.72. The lowest BCUT2D eigenvalue weighted by Crippen LogP contribution is -2.39. The van der Waals surface area contributed by atoms with Gasteiger partial charge < -0.3 is 5.32 Å². The van der Waals surface area contributed by atoms with Crippen molar-refractivity contribution in [3.8, 4) is 0 Å². The number of hydrogen-bond acceptors (Lipinski definition) is 2. The monoisotopic (exact) mass is 252 g/mol. The molecular weight excluding hydrogens is 240 g/mol. The van der Waals surface area contributed by atoms with Gasteiger partial charge in [0.25, 0.3) is 0 Å². The summed E-state index contributed by atoms with van der Waals surface area (Å²) in [7, 11) is 0. The molecule has 1 N–H and O–H groups in total. The minimum atomic E-state index is 0.571. The van der Waals surface area contributed by atoms with Crippen LogP contribution < -0.4 is 5.32 Å². The smallest absolute Gasteiger partial charge is 0.0797 e. The van der Waals surface area contributed by atoms with Crippen LogP contribution in [0.3, 0.4) is 0 Å². The van der Waals surface area contributed by atoms with Crippen LogP contribution in [-0.4, -0.2) is 17.6 Å². The Hall–Kier alpha value is -0.540. The zero-order valence-electron chi connectivity index (χ0n) is 7.96. The van der Waals surface area contributed by atoms with Crippen LogP contribution in [0.2, 0.25) is 0 Å². The molecule has 2 aliphatic rings. The second kappa shape index (κ2) is 3.24. The largest absolute Gasteiger partial charge is 0.368 e. The van der Waals surface area contributed by atoms with Gasteiger partial charge in [-0.2, -0.15) is 0 Å². The summed E-state index contributed by atoms with van der Waals surface area (Å²) in [4.78, 5) is 2.52. The Morgan fingerprint density at radius 2 is 2.36 bits per heavy atom. The highest BCUT2D eigenvalue weighted by Gasteiger charge is 2.29. The van der Waals surface area contributed by atoms with Crippen LogP contribution in [0.15, 0.2) is 22.7 Å². The topological polar surface area (TPSA) is 15.3 Å². The van der Waals surface area contributed by atoms with Gasteiger partial charge in [-0.15, -0.1) is 0 Å². The van der Waals surface area contributed by atoms with E-state index in [9.17, 15) is 0 Å². The third kappa shape index (κ3) is 1.27. The van der Waals surface area contributed by atoms with E-state index in [-0.39, 0.29) is 0 Å². The first-order valence-corrected chi connectivity index (χ1v) is 5.92. The molecule has 1 aromatic carbocycles. The van der Waals surface area contributed by atoms with Gasteiger partial charge in [-0.3, -0.25) is 4.90 Å².